The second kappa shape index (κ2) is 10.2. The maximum Gasteiger partial charge on any atom is 0.228 e. The molecule has 0 radical (unpaired) electrons. The summed E-state index contributed by atoms with van der Waals surface area (Å²) >= 11 is 0. The molecule has 3 heterocycles. The number of carbonyl (C=O) groups is 1. The molecule has 0 spiro atoms. The number of methoxy groups -OCH3 is 1. The third-order valence-electron chi connectivity index (χ3n) is 7.41. The molecule has 1 N–H and O–H groups in total. The second-order valence-electron chi connectivity index (χ2n) is 9.67. The van der Waals surface area contributed by atoms with Gasteiger partial charge in [0.1, 0.15) is 0 Å². The van der Waals surface area contributed by atoms with Crippen LogP contribution in [0.3, 0.4) is 0 Å². The van der Waals surface area contributed by atoms with E-state index < -0.39 is 0 Å². The number of hydrogen-bond donors (Lipinski definition) is 1. The zero-order valence-corrected chi connectivity index (χ0v) is 20.2. The first-order valence-electron chi connectivity index (χ1n) is 12.5. The summed E-state index contributed by atoms with van der Waals surface area (Å²) in [6.07, 6.45) is 9.62. The second-order valence-corrected chi connectivity index (χ2v) is 9.67. The number of aryl methyl sites for hydroxylation is 1. The van der Waals surface area contributed by atoms with Crippen molar-refractivity contribution in [3.8, 4) is 11.1 Å². The molecule has 180 valence electrons. The quantitative estimate of drug-likeness (QED) is 0.592. The lowest BCUT2D eigenvalue weighted by Gasteiger charge is -2.26. The summed E-state index contributed by atoms with van der Waals surface area (Å²) in [5.41, 5.74) is 4.29. The summed E-state index contributed by atoms with van der Waals surface area (Å²) in [6.45, 7) is 3.20. The minimum Gasteiger partial charge on any atom is -0.381 e. The predicted octanol–water partition coefficient (Wildman–Crippen LogP) is 4.16. The number of fused-ring (bicyclic) bond motifs is 1. The first-order chi connectivity index (χ1) is 16.6. The molecule has 2 aliphatic rings. The highest BCUT2D eigenvalue weighted by Gasteiger charge is 2.26. The van der Waals surface area contributed by atoms with E-state index in [1.165, 1.54) is 25.0 Å². The van der Waals surface area contributed by atoms with Gasteiger partial charge in [0, 0.05) is 37.6 Å². The number of amides is 1. The van der Waals surface area contributed by atoms with Gasteiger partial charge < -0.3 is 10.1 Å². The molecule has 1 aromatic carbocycles. The molecule has 0 bridgehead atoms. The number of aromatic nitrogens is 4. The highest BCUT2D eigenvalue weighted by molar-refractivity contribution is 5.94. The number of anilines is 1. The minimum atomic E-state index is 0.00275. The summed E-state index contributed by atoms with van der Waals surface area (Å²) < 4.78 is 7.41. The molecule has 1 saturated heterocycles. The van der Waals surface area contributed by atoms with Crippen LogP contribution in [0.15, 0.2) is 30.5 Å². The smallest absolute Gasteiger partial charge is 0.228 e. The number of ether oxygens (including phenoxy) is 1. The molecule has 0 unspecified atom stereocenters. The van der Waals surface area contributed by atoms with Crippen LogP contribution in [-0.4, -0.2) is 57.1 Å². The molecular weight excluding hydrogens is 428 g/mol. The number of benzene rings is 1. The van der Waals surface area contributed by atoms with Gasteiger partial charge in [0.2, 0.25) is 5.91 Å². The van der Waals surface area contributed by atoms with Crippen LogP contribution in [0, 0.1) is 5.92 Å². The van der Waals surface area contributed by atoms with Crippen LogP contribution in [0.25, 0.3) is 22.0 Å². The van der Waals surface area contributed by atoms with Gasteiger partial charge in [-0.2, -0.15) is 5.10 Å². The first-order valence-corrected chi connectivity index (χ1v) is 12.5. The molecule has 3 aromatic rings. The Morgan fingerprint density at radius 3 is 2.65 bits per heavy atom. The van der Waals surface area contributed by atoms with Crippen molar-refractivity contribution in [2.75, 3.05) is 25.5 Å². The van der Waals surface area contributed by atoms with Gasteiger partial charge in [0.05, 0.1) is 23.5 Å². The molecule has 1 amide bonds. The summed E-state index contributed by atoms with van der Waals surface area (Å²) in [5, 5.41) is 17.1. The van der Waals surface area contributed by atoms with Gasteiger partial charge >= 0.3 is 0 Å². The number of hydrogen-bond acceptors (Lipinski definition) is 6. The molecule has 1 aliphatic carbocycles. The molecule has 8 heteroatoms. The fraction of sp³-hybridized carbons (Fsp3) is 0.538. The lowest BCUT2D eigenvalue weighted by Crippen LogP contribution is -2.30. The van der Waals surface area contributed by atoms with Crippen molar-refractivity contribution in [3.63, 3.8) is 0 Å². The number of carbonyl (C=O) groups excluding carboxylic acids is 1. The molecule has 5 rings (SSSR count). The van der Waals surface area contributed by atoms with E-state index in [1.54, 1.807) is 7.11 Å². The Labute approximate surface area is 200 Å². The van der Waals surface area contributed by atoms with E-state index >= 15 is 0 Å². The average Bonchev–Trinajstić information content (AvgIpc) is 3.24. The van der Waals surface area contributed by atoms with E-state index in [1.807, 2.05) is 30.1 Å². The fourth-order valence-electron chi connectivity index (χ4n) is 5.28. The Balaban J connectivity index is 1.34. The number of piperidine rings is 1. The predicted molar refractivity (Wildman–Crippen MR) is 132 cm³/mol. The zero-order chi connectivity index (χ0) is 23.5. The van der Waals surface area contributed by atoms with Gasteiger partial charge in [-0.25, -0.2) is 0 Å². The van der Waals surface area contributed by atoms with Crippen molar-refractivity contribution in [1.29, 1.82) is 0 Å². The number of nitrogens with zero attached hydrogens (tertiary/aromatic N) is 5. The SMILES string of the molecule is COC1CCC(C(=O)Nc2cc3cc(-c4cnn(C)c4CN4CCCCC4)ccc3nn2)CC1. The van der Waals surface area contributed by atoms with Crippen LogP contribution in [0.2, 0.25) is 0 Å². The van der Waals surface area contributed by atoms with Crippen LogP contribution < -0.4 is 5.32 Å². The molecule has 8 nitrogen and oxygen atoms in total. The zero-order valence-electron chi connectivity index (χ0n) is 20.2. The van der Waals surface area contributed by atoms with Crippen LogP contribution in [0.4, 0.5) is 5.82 Å². The van der Waals surface area contributed by atoms with Gasteiger partial charge in [0.15, 0.2) is 5.82 Å². The van der Waals surface area contributed by atoms with Crippen molar-refractivity contribution >= 4 is 22.6 Å². The first kappa shape index (κ1) is 22.9. The van der Waals surface area contributed by atoms with Crippen LogP contribution >= 0.6 is 0 Å². The molecule has 2 aromatic heterocycles. The van der Waals surface area contributed by atoms with E-state index in [0.717, 1.165) is 67.3 Å². The molecule has 34 heavy (non-hydrogen) atoms. The van der Waals surface area contributed by atoms with Crippen LogP contribution in [-0.2, 0) is 23.1 Å². The lowest BCUT2D eigenvalue weighted by molar-refractivity contribution is -0.121. The van der Waals surface area contributed by atoms with E-state index in [-0.39, 0.29) is 17.9 Å². The largest absolute Gasteiger partial charge is 0.381 e. The monoisotopic (exact) mass is 462 g/mol. The van der Waals surface area contributed by atoms with Crippen molar-refractivity contribution in [3.05, 3.63) is 36.2 Å². The Morgan fingerprint density at radius 2 is 1.88 bits per heavy atom. The average molecular weight is 463 g/mol. The summed E-state index contributed by atoms with van der Waals surface area (Å²) in [7, 11) is 3.76. The Kier molecular flexibility index (Phi) is 6.87. The van der Waals surface area contributed by atoms with E-state index in [0.29, 0.717) is 5.82 Å². The molecule has 2 fully saturated rings. The van der Waals surface area contributed by atoms with Gasteiger partial charge in [-0.05, 0) is 75.4 Å². The van der Waals surface area contributed by atoms with Gasteiger partial charge in [-0.3, -0.25) is 14.4 Å². The lowest BCUT2D eigenvalue weighted by atomic mass is 9.87. The van der Waals surface area contributed by atoms with Crippen LogP contribution in [0.5, 0.6) is 0 Å². The molecule has 1 saturated carbocycles. The van der Waals surface area contributed by atoms with Gasteiger partial charge in [-0.1, -0.05) is 12.5 Å². The van der Waals surface area contributed by atoms with Gasteiger partial charge in [0.25, 0.3) is 0 Å². The van der Waals surface area contributed by atoms with E-state index in [4.69, 9.17) is 4.74 Å². The van der Waals surface area contributed by atoms with Crippen molar-refractivity contribution in [2.45, 2.75) is 57.6 Å². The number of nitrogens with one attached hydrogen (secondary N) is 1. The molecular formula is C26H34N6O2. The summed E-state index contributed by atoms with van der Waals surface area (Å²) in [6, 6.07) is 8.12. The summed E-state index contributed by atoms with van der Waals surface area (Å²) in [4.78, 5) is 15.3. The highest BCUT2D eigenvalue weighted by atomic mass is 16.5. The number of rotatable bonds is 6. The Bertz CT molecular complexity index is 1150. The van der Waals surface area contributed by atoms with E-state index in [9.17, 15) is 4.79 Å². The fourth-order valence-corrected chi connectivity index (χ4v) is 5.28. The highest BCUT2D eigenvalue weighted by Crippen LogP contribution is 2.30. The topological polar surface area (TPSA) is 85.2 Å². The third-order valence-corrected chi connectivity index (χ3v) is 7.41. The van der Waals surface area contributed by atoms with Crippen LogP contribution in [0.1, 0.15) is 50.6 Å². The van der Waals surface area contributed by atoms with Crippen molar-refractivity contribution < 1.29 is 9.53 Å². The normalized spacial score (nSPS) is 21.6. The summed E-state index contributed by atoms with van der Waals surface area (Å²) in [5.74, 6) is 0.529. The Morgan fingerprint density at radius 1 is 1.09 bits per heavy atom. The molecule has 0 atom stereocenters. The third kappa shape index (κ3) is 4.98. The molecule has 1 aliphatic heterocycles. The maximum absolute atomic E-state index is 12.8. The Hall–Kier alpha value is -2.84. The van der Waals surface area contributed by atoms with Crippen molar-refractivity contribution in [2.24, 2.45) is 13.0 Å². The van der Waals surface area contributed by atoms with Crippen molar-refractivity contribution in [1.82, 2.24) is 24.9 Å². The van der Waals surface area contributed by atoms with E-state index in [2.05, 4.69) is 37.6 Å². The standard InChI is InChI=1S/C26H34N6O2/c1-31-24(17-32-12-4-3-5-13-32)22(16-27-31)19-8-11-23-20(14-19)15-25(30-29-23)28-26(33)18-6-9-21(34-2)10-7-18/h8,11,14-16,18,21H,3-7,9-10,12-13,17H2,1-2H3,(H,28,30,33). The maximum atomic E-state index is 12.8. The van der Waals surface area contributed by atoms with Gasteiger partial charge in [-0.15, -0.1) is 10.2 Å². The number of likely N-dealkylation sites (tertiary alicyclic amines) is 1. The minimum absolute atomic E-state index is 0.00275.